The predicted octanol–water partition coefficient (Wildman–Crippen LogP) is 2.71. The minimum Gasteiger partial charge on any atom is -0.449 e. The number of hydrogen-bond acceptors (Lipinski definition) is 6. The summed E-state index contributed by atoms with van der Waals surface area (Å²) < 4.78 is 32.2. The fourth-order valence-corrected chi connectivity index (χ4v) is 5.27. The van der Waals surface area contributed by atoms with Crippen molar-refractivity contribution in [2.75, 3.05) is 26.2 Å². The van der Waals surface area contributed by atoms with E-state index in [1.54, 1.807) is 42.6 Å². The van der Waals surface area contributed by atoms with Crippen LogP contribution >= 0.6 is 0 Å². The molecule has 0 bridgehead atoms. The number of carbonyl (C=O) groups is 2. The minimum absolute atomic E-state index is 0.178. The fraction of sp³-hybridized carbons (Fsp3) is 0.240. The quantitative estimate of drug-likeness (QED) is 0.398. The van der Waals surface area contributed by atoms with Gasteiger partial charge in [0.15, 0.2) is 6.10 Å². The number of aromatic nitrogens is 1. The first kappa shape index (κ1) is 23.6. The Balaban J connectivity index is 1.32. The number of nitrogens with zero attached hydrogens (tertiary/aromatic N) is 3. The number of hydrogen-bond donors (Lipinski definition) is 0. The Bertz CT molecular complexity index is 1310. The molecule has 2 aromatic carbocycles. The van der Waals surface area contributed by atoms with Crippen molar-refractivity contribution in [3.63, 3.8) is 0 Å². The van der Waals surface area contributed by atoms with Crippen molar-refractivity contribution in [2.45, 2.75) is 17.9 Å². The van der Waals surface area contributed by atoms with Gasteiger partial charge in [-0.05, 0) is 31.2 Å². The molecule has 1 unspecified atom stereocenters. The maximum atomic E-state index is 12.8. The second kappa shape index (κ2) is 10.1. The van der Waals surface area contributed by atoms with E-state index < -0.39 is 22.1 Å². The Morgan fingerprint density at radius 3 is 2.41 bits per heavy atom. The highest BCUT2D eigenvalue weighted by Gasteiger charge is 2.32. The van der Waals surface area contributed by atoms with Crippen molar-refractivity contribution in [3.05, 3.63) is 78.5 Å². The topological polar surface area (TPSA) is 96.9 Å². The third-order valence-electron chi connectivity index (χ3n) is 5.63. The summed E-state index contributed by atoms with van der Waals surface area (Å²) in [7, 11) is -3.60. The summed E-state index contributed by atoms with van der Waals surface area (Å²) in [5.41, 5.74) is 1.53. The van der Waals surface area contributed by atoms with E-state index in [9.17, 15) is 18.0 Å². The lowest BCUT2D eigenvalue weighted by molar-refractivity contribution is -0.155. The first-order valence-corrected chi connectivity index (χ1v) is 12.4. The molecule has 1 aliphatic rings. The van der Waals surface area contributed by atoms with Crippen molar-refractivity contribution in [1.82, 2.24) is 14.2 Å². The van der Waals surface area contributed by atoms with Gasteiger partial charge in [-0.2, -0.15) is 4.31 Å². The summed E-state index contributed by atoms with van der Waals surface area (Å²) in [5, 5.41) is 0.954. The Morgan fingerprint density at radius 2 is 1.68 bits per heavy atom. The minimum atomic E-state index is -3.60. The molecular formula is C25H25N3O5S. The number of amides is 1. The van der Waals surface area contributed by atoms with E-state index in [2.05, 4.69) is 4.98 Å². The van der Waals surface area contributed by atoms with Gasteiger partial charge in [-0.3, -0.25) is 9.78 Å². The molecule has 0 saturated carbocycles. The van der Waals surface area contributed by atoms with Crippen molar-refractivity contribution < 1.29 is 22.7 Å². The van der Waals surface area contributed by atoms with Crippen molar-refractivity contribution in [1.29, 1.82) is 0 Å². The average Bonchev–Trinajstić information content (AvgIpc) is 2.87. The highest BCUT2D eigenvalue weighted by molar-refractivity contribution is 7.89. The van der Waals surface area contributed by atoms with Gasteiger partial charge in [-0.25, -0.2) is 13.2 Å². The Labute approximate surface area is 198 Å². The van der Waals surface area contributed by atoms with Crippen molar-refractivity contribution >= 4 is 38.9 Å². The lowest BCUT2D eigenvalue weighted by Gasteiger charge is -2.35. The zero-order chi connectivity index (χ0) is 24.1. The van der Waals surface area contributed by atoms with Crippen molar-refractivity contribution in [2.24, 2.45) is 0 Å². The molecule has 1 aliphatic heterocycles. The lowest BCUT2D eigenvalue weighted by atomic mass is 10.1. The van der Waals surface area contributed by atoms with Crippen LogP contribution in [0.15, 0.2) is 77.8 Å². The molecule has 0 radical (unpaired) electrons. The van der Waals surface area contributed by atoms with Crippen LogP contribution in [0.4, 0.5) is 0 Å². The molecule has 8 nitrogen and oxygen atoms in total. The molecule has 1 aromatic heterocycles. The summed E-state index contributed by atoms with van der Waals surface area (Å²) in [4.78, 5) is 31.1. The average molecular weight is 480 g/mol. The number of esters is 1. The predicted molar refractivity (Wildman–Crippen MR) is 128 cm³/mol. The SMILES string of the molecule is CC(OC(=O)C=Cc1cccc2cccnc12)C(=O)N1CCN(S(=O)(=O)c2ccccc2)CC1. The maximum absolute atomic E-state index is 12.8. The van der Waals surface area contributed by atoms with Crippen LogP contribution in [-0.4, -0.2) is 66.8 Å². The molecule has 1 amide bonds. The molecule has 3 aromatic rings. The van der Waals surface area contributed by atoms with Gasteiger partial charge in [0.25, 0.3) is 5.91 Å². The maximum Gasteiger partial charge on any atom is 0.331 e. The van der Waals surface area contributed by atoms with Gasteiger partial charge in [-0.15, -0.1) is 0 Å². The molecule has 0 aliphatic carbocycles. The second-order valence-electron chi connectivity index (χ2n) is 7.88. The van der Waals surface area contributed by atoms with Gasteiger partial charge >= 0.3 is 5.97 Å². The number of rotatable bonds is 6. The molecule has 34 heavy (non-hydrogen) atoms. The molecule has 0 N–H and O–H groups in total. The fourth-order valence-electron chi connectivity index (χ4n) is 3.83. The molecule has 1 fully saturated rings. The van der Waals surface area contributed by atoms with Gasteiger partial charge in [-0.1, -0.05) is 42.5 Å². The molecule has 4 rings (SSSR count). The first-order valence-electron chi connectivity index (χ1n) is 10.9. The number of carbonyl (C=O) groups excluding carboxylic acids is 2. The van der Waals surface area contributed by atoms with Crippen LogP contribution in [0.3, 0.4) is 0 Å². The number of pyridine rings is 1. The summed E-state index contributed by atoms with van der Waals surface area (Å²) in [6.45, 7) is 2.32. The molecule has 176 valence electrons. The number of ether oxygens (including phenoxy) is 1. The van der Waals surface area contributed by atoms with Crippen LogP contribution in [0.1, 0.15) is 12.5 Å². The van der Waals surface area contributed by atoms with Gasteiger partial charge in [0.2, 0.25) is 10.0 Å². The third-order valence-corrected chi connectivity index (χ3v) is 7.55. The largest absolute Gasteiger partial charge is 0.449 e. The molecule has 0 spiro atoms. The van der Waals surface area contributed by atoms with Crippen molar-refractivity contribution in [3.8, 4) is 0 Å². The zero-order valence-corrected chi connectivity index (χ0v) is 19.5. The van der Waals surface area contributed by atoms with E-state index >= 15 is 0 Å². The number of piperazine rings is 1. The van der Waals surface area contributed by atoms with Gasteiger partial charge in [0, 0.05) is 49.4 Å². The zero-order valence-electron chi connectivity index (χ0n) is 18.7. The second-order valence-corrected chi connectivity index (χ2v) is 9.82. The summed E-state index contributed by atoms with van der Waals surface area (Å²) in [6.07, 6.45) is 3.59. The van der Waals surface area contributed by atoms with Crippen LogP contribution < -0.4 is 0 Å². The highest BCUT2D eigenvalue weighted by Crippen LogP contribution is 2.19. The van der Waals surface area contributed by atoms with E-state index in [0.29, 0.717) is 0 Å². The third kappa shape index (κ3) is 5.16. The van der Waals surface area contributed by atoms with Crippen LogP contribution in [0.25, 0.3) is 17.0 Å². The van der Waals surface area contributed by atoms with Gasteiger partial charge in [0.1, 0.15) is 0 Å². The van der Waals surface area contributed by atoms with E-state index in [0.717, 1.165) is 16.5 Å². The molecule has 1 atom stereocenters. The normalized spacial score (nSPS) is 16.0. The summed E-state index contributed by atoms with van der Waals surface area (Å²) >= 11 is 0. The Morgan fingerprint density at radius 1 is 0.971 bits per heavy atom. The molecule has 9 heteroatoms. The van der Waals surface area contributed by atoms with Crippen LogP contribution in [0.5, 0.6) is 0 Å². The van der Waals surface area contributed by atoms with Crippen LogP contribution in [0, 0.1) is 0 Å². The molecular weight excluding hydrogens is 454 g/mol. The standard InChI is InChI=1S/C25H25N3O5S/c1-19(33-23(29)13-12-21-8-5-7-20-9-6-14-26-24(20)21)25(30)27-15-17-28(18-16-27)34(31,32)22-10-3-2-4-11-22/h2-14,19H,15-18H2,1H3. The van der Waals surface area contributed by atoms with Crippen LogP contribution in [-0.2, 0) is 24.3 Å². The summed E-state index contributed by atoms with van der Waals surface area (Å²) in [5.74, 6) is -0.996. The lowest BCUT2D eigenvalue weighted by Crippen LogP contribution is -2.52. The summed E-state index contributed by atoms with van der Waals surface area (Å²) in [6, 6.07) is 17.6. The Hall–Kier alpha value is -3.56. The monoisotopic (exact) mass is 479 g/mol. The van der Waals surface area contributed by atoms with E-state index in [4.69, 9.17) is 4.74 Å². The Kier molecular flexibility index (Phi) is 7.04. The van der Waals surface area contributed by atoms with Gasteiger partial charge < -0.3 is 9.64 Å². The van der Waals surface area contributed by atoms with E-state index in [1.165, 1.54) is 22.2 Å². The number of para-hydroxylation sites is 1. The van der Waals surface area contributed by atoms with E-state index in [1.807, 2.05) is 30.3 Å². The first-order chi connectivity index (χ1) is 16.4. The number of sulfonamides is 1. The van der Waals surface area contributed by atoms with Crippen LogP contribution in [0.2, 0.25) is 0 Å². The number of benzene rings is 2. The molecule has 1 saturated heterocycles. The van der Waals surface area contributed by atoms with E-state index in [-0.39, 0.29) is 37.0 Å². The highest BCUT2D eigenvalue weighted by atomic mass is 32.2. The van der Waals surface area contributed by atoms with Gasteiger partial charge in [0.05, 0.1) is 10.4 Å². The molecule has 2 heterocycles. The number of fused-ring (bicyclic) bond motifs is 1. The smallest absolute Gasteiger partial charge is 0.331 e.